The number of benzene rings is 2. The van der Waals surface area contributed by atoms with Crippen molar-refractivity contribution in [3.63, 3.8) is 0 Å². The molecular weight excluding hydrogens is 414 g/mol. The third kappa shape index (κ3) is 3.77. The molecule has 31 heavy (non-hydrogen) atoms. The largest absolute Gasteiger partial charge is 0.496 e. The number of carboxylic acids is 1. The molecule has 4 N–H and O–H groups in total. The van der Waals surface area contributed by atoms with Crippen LogP contribution in [0.1, 0.15) is 28.6 Å². The van der Waals surface area contributed by atoms with E-state index in [4.69, 9.17) is 4.74 Å². The van der Waals surface area contributed by atoms with Crippen LogP contribution < -0.4 is 10.1 Å². The maximum absolute atomic E-state index is 11.6. The number of nitrogens with one attached hydrogen (secondary N) is 3. The molecule has 0 radical (unpaired) electrons. The number of nitrogens with zero attached hydrogens (tertiary/aromatic N) is 2. The summed E-state index contributed by atoms with van der Waals surface area (Å²) in [6, 6.07) is 12.9. The summed E-state index contributed by atoms with van der Waals surface area (Å²) in [6.45, 7) is 0. The van der Waals surface area contributed by atoms with E-state index in [1.54, 1.807) is 25.2 Å². The lowest BCUT2D eigenvalue weighted by Crippen LogP contribution is -2.45. The third-order valence-electron chi connectivity index (χ3n) is 5.47. The second-order valence-electron chi connectivity index (χ2n) is 7.38. The Morgan fingerprint density at radius 2 is 2.16 bits per heavy atom. The molecule has 2 atom stereocenters. The molecule has 158 valence electrons. The Bertz CT molecular complexity index is 1220. The van der Waals surface area contributed by atoms with Crippen molar-refractivity contribution in [3.05, 3.63) is 71.3 Å². The number of hydrogen-bond donors (Lipinski definition) is 4. The number of H-pyrrole nitrogens is 2. The molecule has 8 nitrogen and oxygen atoms in total. The lowest BCUT2D eigenvalue weighted by molar-refractivity contribution is -0.139. The molecule has 0 saturated carbocycles. The van der Waals surface area contributed by atoms with Crippen molar-refractivity contribution in [2.24, 2.45) is 0 Å². The molecule has 0 saturated heterocycles. The normalized spacial score (nSPS) is 18.1. The summed E-state index contributed by atoms with van der Waals surface area (Å²) in [7, 11) is 1.65. The Morgan fingerprint density at radius 3 is 2.97 bits per heavy atom. The van der Waals surface area contributed by atoms with Crippen LogP contribution >= 0.6 is 11.8 Å². The Kier molecular flexibility index (Phi) is 5.13. The van der Waals surface area contributed by atoms with Gasteiger partial charge in [0.15, 0.2) is 5.16 Å². The van der Waals surface area contributed by atoms with Gasteiger partial charge in [0, 0.05) is 23.4 Å². The summed E-state index contributed by atoms with van der Waals surface area (Å²) >= 11 is 1.59. The molecule has 0 fully saturated rings. The molecule has 0 amide bonds. The molecule has 0 unspecified atom stereocenters. The highest BCUT2D eigenvalue weighted by Gasteiger charge is 2.33. The van der Waals surface area contributed by atoms with Crippen molar-refractivity contribution >= 4 is 28.8 Å². The van der Waals surface area contributed by atoms with Crippen LogP contribution in [0.2, 0.25) is 0 Å². The van der Waals surface area contributed by atoms with Crippen molar-refractivity contribution in [2.45, 2.75) is 29.4 Å². The molecule has 2 aromatic carbocycles. The van der Waals surface area contributed by atoms with Crippen LogP contribution in [0.15, 0.2) is 53.9 Å². The number of thioether (sulfide) groups is 1. The number of ether oxygens (including phenoxy) is 1. The monoisotopic (exact) mass is 435 g/mol. The molecule has 1 aliphatic rings. The number of rotatable bonds is 6. The number of carboxylic acid groups (broad SMARTS) is 1. The molecule has 9 heteroatoms. The topological polar surface area (TPSA) is 116 Å². The van der Waals surface area contributed by atoms with Crippen LogP contribution in [0.4, 0.5) is 0 Å². The third-order valence-corrected chi connectivity index (χ3v) is 6.39. The van der Waals surface area contributed by atoms with E-state index in [0.717, 1.165) is 44.5 Å². The Hall–Kier alpha value is -3.30. The number of methoxy groups -OCH3 is 1. The van der Waals surface area contributed by atoms with E-state index in [1.165, 1.54) is 0 Å². The van der Waals surface area contributed by atoms with E-state index >= 15 is 0 Å². The first-order chi connectivity index (χ1) is 15.1. The van der Waals surface area contributed by atoms with Crippen LogP contribution in [-0.2, 0) is 17.0 Å². The maximum Gasteiger partial charge on any atom is 0.321 e. The van der Waals surface area contributed by atoms with Gasteiger partial charge < -0.3 is 19.8 Å². The number of carbonyl (C=O) groups is 1. The van der Waals surface area contributed by atoms with Crippen LogP contribution in [0.25, 0.3) is 11.0 Å². The smallest absolute Gasteiger partial charge is 0.321 e. The number of para-hydroxylation sites is 2. The number of aromatic nitrogens is 4. The minimum Gasteiger partial charge on any atom is -0.496 e. The van der Waals surface area contributed by atoms with Crippen LogP contribution in [0.5, 0.6) is 5.75 Å². The molecular formula is C22H21N5O3S. The molecule has 1 aliphatic heterocycles. The fraction of sp³-hybridized carbons (Fsp3) is 0.227. The minimum atomic E-state index is -0.876. The van der Waals surface area contributed by atoms with Crippen molar-refractivity contribution in [1.82, 2.24) is 25.3 Å². The molecule has 5 rings (SSSR count). The zero-order valence-electron chi connectivity index (χ0n) is 16.8. The van der Waals surface area contributed by atoms with Gasteiger partial charge in [-0.25, -0.2) is 9.97 Å². The van der Waals surface area contributed by atoms with Gasteiger partial charge in [0.2, 0.25) is 0 Å². The summed E-state index contributed by atoms with van der Waals surface area (Å²) in [4.78, 5) is 27.1. The average molecular weight is 436 g/mol. The number of fused-ring (bicyclic) bond motifs is 2. The molecule has 0 aliphatic carbocycles. The van der Waals surface area contributed by atoms with Crippen molar-refractivity contribution in [1.29, 1.82) is 0 Å². The van der Waals surface area contributed by atoms with Gasteiger partial charge in [-0.2, -0.15) is 0 Å². The molecule has 4 aromatic rings. The summed E-state index contributed by atoms with van der Waals surface area (Å²) in [5.74, 6) is 0.555. The molecule has 0 bridgehead atoms. The van der Waals surface area contributed by atoms with Gasteiger partial charge in [-0.05, 0) is 29.8 Å². The summed E-state index contributed by atoms with van der Waals surface area (Å²) in [6.07, 6.45) is 2.00. The highest BCUT2D eigenvalue weighted by atomic mass is 32.2. The van der Waals surface area contributed by atoms with E-state index in [-0.39, 0.29) is 6.04 Å². The number of aliphatic carboxylic acids is 1. The molecule has 3 heterocycles. The van der Waals surface area contributed by atoms with Gasteiger partial charge in [-0.3, -0.25) is 10.1 Å². The van der Waals surface area contributed by atoms with E-state index in [9.17, 15) is 9.90 Å². The van der Waals surface area contributed by atoms with Crippen molar-refractivity contribution in [2.75, 3.05) is 7.11 Å². The maximum atomic E-state index is 11.6. The van der Waals surface area contributed by atoms with Gasteiger partial charge in [0.05, 0.1) is 36.2 Å². The summed E-state index contributed by atoms with van der Waals surface area (Å²) in [5, 5.41) is 13.6. The first kappa shape index (κ1) is 19.7. The standard InChI is InChI=1S/C22H21N5O3S/c1-30-18-7-6-12(19-20-16(23-11-24-20)9-17(25-19)21(28)29)8-13(18)10-31-22-26-14-4-2-3-5-15(14)27-22/h2-8,11,17,19,25H,9-10H2,1H3,(H,23,24)(H,26,27)(H,28,29)/t17-,19+/m1/s1. The Morgan fingerprint density at radius 1 is 1.29 bits per heavy atom. The second-order valence-corrected chi connectivity index (χ2v) is 8.34. The fourth-order valence-corrected chi connectivity index (χ4v) is 4.80. The van der Waals surface area contributed by atoms with Crippen molar-refractivity contribution in [3.8, 4) is 5.75 Å². The number of hydrogen-bond acceptors (Lipinski definition) is 6. The predicted molar refractivity (Wildman–Crippen MR) is 117 cm³/mol. The first-order valence-electron chi connectivity index (χ1n) is 9.87. The van der Waals surface area contributed by atoms with Gasteiger partial charge in [-0.1, -0.05) is 30.0 Å². The Labute approximate surface area is 182 Å². The van der Waals surface area contributed by atoms with Crippen LogP contribution in [0, 0.1) is 0 Å². The van der Waals surface area contributed by atoms with E-state index in [0.29, 0.717) is 12.2 Å². The van der Waals surface area contributed by atoms with Gasteiger partial charge in [-0.15, -0.1) is 0 Å². The SMILES string of the molecule is COc1ccc([C@@H]2N[C@@H](C(=O)O)Cc3[nH]cnc32)cc1CSc1nc2ccccc2[nH]1. The van der Waals surface area contributed by atoms with Crippen molar-refractivity contribution < 1.29 is 14.6 Å². The minimum absolute atomic E-state index is 0.308. The van der Waals surface area contributed by atoms with Crippen LogP contribution in [-0.4, -0.2) is 44.2 Å². The fourth-order valence-electron chi connectivity index (χ4n) is 3.93. The highest BCUT2D eigenvalue weighted by molar-refractivity contribution is 7.98. The highest BCUT2D eigenvalue weighted by Crippen LogP contribution is 2.34. The average Bonchev–Trinajstić information content (AvgIpc) is 3.43. The lowest BCUT2D eigenvalue weighted by atomic mass is 9.93. The van der Waals surface area contributed by atoms with E-state index in [1.807, 2.05) is 36.4 Å². The van der Waals surface area contributed by atoms with E-state index in [2.05, 4.69) is 31.3 Å². The quantitative estimate of drug-likeness (QED) is 0.344. The van der Waals surface area contributed by atoms with Gasteiger partial charge >= 0.3 is 5.97 Å². The van der Waals surface area contributed by atoms with Gasteiger partial charge in [0.25, 0.3) is 0 Å². The Balaban J connectivity index is 1.43. The zero-order valence-corrected chi connectivity index (χ0v) is 17.6. The summed E-state index contributed by atoms with van der Waals surface area (Å²) < 4.78 is 5.57. The molecule has 2 aromatic heterocycles. The predicted octanol–water partition coefficient (Wildman–Crippen LogP) is 3.28. The van der Waals surface area contributed by atoms with Gasteiger partial charge in [0.1, 0.15) is 11.8 Å². The molecule has 0 spiro atoms. The van der Waals surface area contributed by atoms with Crippen LogP contribution in [0.3, 0.4) is 0 Å². The first-order valence-corrected chi connectivity index (χ1v) is 10.9. The summed E-state index contributed by atoms with van der Waals surface area (Å²) in [5.41, 5.74) is 5.57. The second kappa shape index (κ2) is 8.09. The number of imidazole rings is 2. The number of aromatic amines is 2. The zero-order chi connectivity index (χ0) is 21.4. The lowest BCUT2D eigenvalue weighted by Gasteiger charge is -2.28. The van der Waals surface area contributed by atoms with E-state index < -0.39 is 12.0 Å².